The molecule has 0 saturated heterocycles. The number of hydrogen-bond donors (Lipinski definition) is 1. The van der Waals surface area contributed by atoms with Gasteiger partial charge in [0.1, 0.15) is 10.8 Å². The van der Waals surface area contributed by atoms with Crippen LogP contribution >= 0.6 is 11.3 Å². The number of para-hydroxylation sites is 1. The van der Waals surface area contributed by atoms with Gasteiger partial charge in [0, 0.05) is 6.61 Å². The molecule has 2 aromatic carbocycles. The van der Waals surface area contributed by atoms with Crippen molar-refractivity contribution in [3.63, 3.8) is 0 Å². The van der Waals surface area contributed by atoms with Gasteiger partial charge in [0.15, 0.2) is 0 Å². The van der Waals surface area contributed by atoms with E-state index in [4.69, 9.17) is 9.84 Å². The Kier molecular flexibility index (Phi) is 5.40. The van der Waals surface area contributed by atoms with Crippen molar-refractivity contribution in [2.75, 3.05) is 13.2 Å². The maximum Gasteiger partial charge on any atom is 0.119 e. The average molecular weight is 325 g/mol. The van der Waals surface area contributed by atoms with Crippen LogP contribution in [0, 0.1) is 0 Å². The fraction of sp³-hybridized carbons (Fsp3) is 0.211. The van der Waals surface area contributed by atoms with Gasteiger partial charge >= 0.3 is 0 Å². The standard InChI is InChI=1S/C19H19NO2S/c21-12-3-4-13-22-16-7-5-6-15(14-16)10-11-19-20-17-8-1-2-9-18(17)23-19/h1-2,5-11,14,21H,3-4,12-13H2. The third-order valence-corrected chi connectivity index (χ3v) is 4.41. The Morgan fingerprint density at radius 2 is 1.96 bits per heavy atom. The molecule has 3 aromatic rings. The summed E-state index contributed by atoms with van der Waals surface area (Å²) >= 11 is 1.69. The number of unbranched alkanes of at least 4 members (excludes halogenated alkanes) is 1. The summed E-state index contributed by atoms with van der Waals surface area (Å²) in [6.45, 7) is 0.847. The van der Waals surface area contributed by atoms with E-state index in [1.807, 2.05) is 48.5 Å². The second kappa shape index (κ2) is 7.90. The van der Waals surface area contributed by atoms with Crippen LogP contribution in [0.2, 0.25) is 0 Å². The van der Waals surface area contributed by atoms with Crippen molar-refractivity contribution in [3.8, 4) is 5.75 Å². The van der Waals surface area contributed by atoms with E-state index in [2.05, 4.69) is 17.1 Å². The lowest BCUT2D eigenvalue weighted by molar-refractivity contribution is 0.253. The molecule has 0 spiro atoms. The summed E-state index contributed by atoms with van der Waals surface area (Å²) in [6.07, 6.45) is 5.73. The molecular weight excluding hydrogens is 306 g/mol. The summed E-state index contributed by atoms with van der Waals surface area (Å²) in [5.41, 5.74) is 2.13. The molecule has 3 nitrogen and oxygen atoms in total. The molecule has 4 heteroatoms. The van der Waals surface area contributed by atoms with E-state index < -0.39 is 0 Å². The summed E-state index contributed by atoms with van der Waals surface area (Å²) in [7, 11) is 0. The quantitative estimate of drug-likeness (QED) is 0.645. The van der Waals surface area contributed by atoms with Gasteiger partial charge in [0.05, 0.1) is 16.8 Å². The SMILES string of the molecule is OCCCCOc1cccc(C=Cc2nc3ccccc3s2)c1. The highest BCUT2D eigenvalue weighted by Gasteiger charge is 2.00. The summed E-state index contributed by atoms with van der Waals surface area (Å²) in [6, 6.07) is 16.2. The lowest BCUT2D eigenvalue weighted by Gasteiger charge is -2.06. The molecule has 0 atom stereocenters. The van der Waals surface area contributed by atoms with Crippen LogP contribution in [0.15, 0.2) is 48.5 Å². The van der Waals surface area contributed by atoms with Crippen LogP contribution in [0.5, 0.6) is 5.75 Å². The van der Waals surface area contributed by atoms with Crippen LogP contribution in [-0.2, 0) is 0 Å². The zero-order valence-electron chi connectivity index (χ0n) is 12.8. The smallest absolute Gasteiger partial charge is 0.119 e. The average Bonchev–Trinajstić information content (AvgIpc) is 3.00. The van der Waals surface area contributed by atoms with Gasteiger partial charge in [0.25, 0.3) is 0 Å². The molecule has 1 N–H and O–H groups in total. The summed E-state index contributed by atoms with van der Waals surface area (Å²) < 4.78 is 6.89. The summed E-state index contributed by atoms with van der Waals surface area (Å²) in [4.78, 5) is 4.60. The number of hydrogen-bond acceptors (Lipinski definition) is 4. The number of ether oxygens (including phenoxy) is 1. The highest BCUT2D eigenvalue weighted by atomic mass is 32.1. The first kappa shape index (κ1) is 15.7. The van der Waals surface area contributed by atoms with Gasteiger partial charge in [-0.1, -0.05) is 30.3 Å². The van der Waals surface area contributed by atoms with Gasteiger partial charge in [-0.2, -0.15) is 0 Å². The molecule has 0 bridgehead atoms. The fourth-order valence-electron chi connectivity index (χ4n) is 2.24. The Balaban J connectivity index is 1.67. The third kappa shape index (κ3) is 4.41. The van der Waals surface area contributed by atoms with Gasteiger partial charge in [-0.15, -0.1) is 11.3 Å². The molecule has 1 heterocycles. The van der Waals surface area contributed by atoms with Crippen LogP contribution in [0.3, 0.4) is 0 Å². The number of rotatable bonds is 7. The minimum absolute atomic E-state index is 0.217. The predicted molar refractivity (Wildman–Crippen MR) is 96.8 cm³/mol. The Bertz CT molecular complexity index is 762. The molecule has 0 radical (unpaired) electrons. The van der Waals surface area contributed by atoms with Crippen LogP contribution in [-0.4, -0.2) is 23.3 Å². The van der Waals surface area contributed by atoms with Crippen LogP contribution in [0.1, 0.15) is 23.4 Å². The van der Waals surface area contributed by atoms with E-state index in [-0.39, 0.29) is 6.61 Å². The lowest BCUT2D eigenvalue weighted by Crippen LogP contribution is -1.98. The first-order valence-electron chi connectivity index (χ1n) is 7.72. The number of aliphatic hydroxyl groups is 1. The van der Waals surface area contributed by atoms with Crippen molar-refractivity contribution in [3.05, 3.63) is 59.1 Å². The summed E-state index contributed by atoms with van der Waals surface area (Å²) in [5, 5.41) is 9.77. The zero-order chi connectivity index (χ0) is 15.9. The highest BCUT2D eigenvalue weighted by Crippen LogP contribution is 2.23. The molecule has 1 aromatic heterocycles. The summed E-state index contributed by atoms with van der Waals surface area (Å²) in [5.74, 6) is 0.856. The first-order valence-corrected chi connectivity index (χ1v) is 8.54. The molecule has 118 valence electrons. The number of benzene rings is 2. The zero-order valence-corrected chi connectivity index (χ0v) is 13.6. The van der Waals surface area contributed by atoms with Crippen molar-refractivity contribution in [1.29, 1.82) is 0 Å². The maximum absolute atomic E-state index is 8.77. The highest BCUT2D eigenvalue weighted by molar-refractivity contribution is 7.19. The van der Waals surface area contributed by atoms with Crippen LogP contribution in [0.25, 0.3) is 22.4 Å². The lowest BCUT2D eigenvalue weighted by atomic mass is 10.2. The Morgan fingerprint density at radius 3 is 2.83 bits per heavy atom. The minimum Gasteiger partial charge on any atom is -0.494 e. The van der Waals surface area contributed by atoms with Crippen molar-refractivity contribution in [2.45, 2.75) is 12.8 Å². The predicted octanol–water partition coefficient (Wildman–Crippen LogP) is 4.62. The number of nitrogens with zero attached hydrogens (tertiary/aromatic N) is 1. The largest absolute Gasteiger partial charge is 0.494 e. The molecule has 0 amide bonds. The maximum atomic E-state index is 8.77. The Morgan fingerprint density at radius 1 is 1.04 bits per heavy atom. The number of thiazole rings is 1. The molecule has 0 fully saturated rings. The molecule has 0 unspecified atom stereocenters. The monoisotopic (exact) mass is 325 g/mol. The number of aromatic nitrogens is 1. The van der Waals surface area contributed by atoms with Crippen molar-refractivity contribution in [1.82, 2.24) is 4.98 Å². The first-order chi connectivity index (χ1) is 11.3. The number of fused-ring (bicyclic) bond motifs is 1. The van der Waals surface area contributed by atoms with Gasteiger partial charge in [-0.25, -0.2) is 4.98 Å². The van der Waals surface area contributed by atoms with Crippen molar-refractivity contribution >= 4 is 33.7 Å². The van der Waals surface area contributed by atoms with E-state index in [1.165, 1.54) is 4.70 Å². The Hall–Kier alpha value is -2.17. The second-order valence-corrected chi connectivity index (χ2v) is 6.27. The van der Waals surface area contributed by atoms with Gasteiger partial charge in [0.2, 0.25) is 0 Å². The minimum atomic E-state index is 0.217. The molecule has 0 saturated carbocycles. The number of aliphatic hydroxyl groups excluding tert-OH is 1. The van der Waals surface area contributed by atoms with E-state index in [0.717, 1.165) is 34.7 Å². The van der Waals surface area contributed by atoms with Gasteiger partial charge in [-0.3, -0.25) is 0 Å². The van der Waals surface area contributed by atoms with Crippen LogP contribution < -0.4 is 4.74 Å². The molecule has 0 aliphatic heterocycles. The Labute approximate surface area is 139 Å². The second-order valence-electron chi connectivity index (χ2n) is 5.20. The molecule has 23 heavy (non-hydrogen) atoms. The van der Waals surface area contributed by atoms with E-state index >= 15 is 0 Å². The van der Waals surface area contributed by atoms with Crippen LogP contribution in [0.4, 0.5) is 0 Å². The molecule has 0 aliphatic carbocycles. The van der Waals surface area contributed by atoms with Crippen molar-refractivity contribution < 1.29 is 9.84 Å². The fourth-order valence-corrected chi connectivity index (χ4v) is 3.11. The van der Waals surface area contributed by atoms with E-state index in [9.17, 15) is 0 Å². The molecule has 3 rings (SSSR count). The molecule has 0 aliphatic rings. The normalized spacial score (nSPS) is 11.3. The van der Waals surface area contributed by atoms with Crippen molar-refractivity contribution in [2.24, 2.45) is 0 Å². The topological polar surface area (TPSA) is 42.4 Å². The van der Waals surface area contributed by atoms with E-state index in [1.54, 1.807) is 11.3 Å². The third-order valence-electron chi connectivity index (χ3n) is 3.41. The molecular formula is C19H19NO2S. The van der Waals surface area contributed by atoms with Gasteiger partial charge in [-0.05, 0) is 48.7 Å². The van der Waals surface area contributed by atoms with Gasteiger partial charge < -0.3 is 9.84 Å². The van der Waals surface area contributed by atoms with E-state index in [0.29, 0.717) is 6.61 Å².